The Bertz CT molecular complexity index is 954. The first kappa shape index (κ1) is 26.2. The van der Waals surface area contributed by atoms with Gasteiger partial charge in [-0.05, 0) is 28.2 Å². The third kappa shape index (κ3) is 4.30. The zero-order valence-electron chi connectivity index (χ0n) is 18.0. The van der Waals surface area contributed by atoms with E-state index in [-0.39, 0.29) is 56.4 Å². The Balaban J connectivity index is 0.00000140. The molecule has 2 aromatic rings. The van der Waals surface area contributed by atoms with Crippen molar-refractivity contribution in [3.63, 3.8) is 0 Å². The number of halogens is 2. The Kier molecular flexibility index (Phi) is 8.58. The quantitative estimate of drug-likeness (QED) is 0.516. The summed E-state index contributed by atoms with van der Waals surface area (Å²) in [6.07, 6.45) is 3.72. The van der Waals surface area contributed by atoms with Crippen molar-refractivity contribution in [2.24, 2.45) is 5.41 Å². The largest absolute Gasteiger partial charge is 3.00 e. The third-order valence-corrected chi connectivity index (χ3v) is 5.61. The molecule has 0 unspecified atom stereocenters. The number of hydrogen-bond donors (Lipinski definition) is 0. The first-order chi connectivity index (χ1) is 12.3. The van der Waals surface area contributed by atoms with E-state index in [0.29, 0.717) is 5.92 Å². The summed E-state index contributed by atoms with van der Waals surface area (Å²) in [6, 6.07) is 17.8. The first-order valence-corrected chi connectivity index (χ1v) is 9.52. The molecular weight excluding hydrogens is 474 g/mol. The van der Waals surface area contributed by atoms with Crippen molar-refractivity contribution in [2.75, 3.05) is 0 Å². The monoisotopic (exact) mass is 499 g/mol. The summed E-state index contributed by atoms with van der Waals surface area (Å²) in [5.41, 5.74) is 12.6. The fourth-order valence-electron chi connectivity index (χ4n) is 4.62. The Labute approximate surface area is 207 Å². The van der Waals surface area contributed by atoms with Gasteiger partial charge in [-0.3, -0.25) is 0 Å². The van der Waals surface area contributed by atoms with Crippen LogP contribution in [0.25, 0.3) is 11.1 Å². The van der Waals surface area contributed by atoms with Crippen LogP contribution in [-0.2, 0) is 26.2 Å². The van der Waals surface area contributed by atoms with Crippen molar-refractivity contribution in [1.29, 1.82) is 0 Å². The van der Waals surface area contributed by atoms with E-state index in [9.17, 15) is 0 Å². The molecule has 0 saturated heterocycles. The van der Waals surface area contributed by atoms with E-state index in [1.807, 2.05) is 0 Å². The molecule has 0 atom stereocenters. The molecule has 0 fully saturated rings. The number of allylic oxidation sites excluding steroid dienone is 6. The molecule has 0 heterocycles. The number of fused-ring (bicyclic) bond motifs is 3. The second-order valence-corrected chi connectivity index (χ2v) is 8.77. The van der Waals surface area contributed by atoms with Crippen molar-refractivity contribution in [1.82, 2.24) is 0 Å². The van der Waals surface area contributed by atoms with Crippen molar-refractivity contribution in [3.8, 4) is 11.1 Å². The molecule has 2 aliphatic rings. The molecule has 0 nitrogen and oxygen atoms in total. The predicted molar refractivity (Wildman–Crippen MR) is 111 cm³/mol. The van der Waals surface area contributed by atoms with E-state index in [0.717, 1.165) is 0 Å². The van der Waals surface area contributed by atoms with Crippen LogP contribution < -0.4 is 24.8 Å². The summed E-state index contributed by atoms with van der Waals surface area (Å²) >= 11 is 0. The van der Waals surface area contributed by atoms with Gasteiger partial charge < -0.3 is 24.8 Å². The van der Waals surface area contributed by atoms with E-state index >= 15 is 0 Å². The van der Waals surface area contributed by atoms with Crippen LogP contribution in [0.2, 0.25) is 0 Å². The molecule has 3 heteroatoms. The van der Waals surface area contributed by atoms with Gasteiger partial charge >= 0.3 is 26.2 Å². The molecule has 0 spiro atoms. The second-order valence-electron chi connectivity index (χ2n) is 8.77. The van der Waals surface area contributed by atoms with E-state index in [1.165, 1.54) is 50.1 Å². The minimum atomic E-state index is 0. The number of benzene rings is 2. The molecule has 0 bridgehead atoms. The van der Waals surface area contributed by atoms with Crippen molar-refractivity contribution in [2.45, 2.75) is 47.5 Å². The molecular formula is C26H27Cl2Zr. The van der Waals surface area contributed by atoms with E-state index < -0.39 is 0 Å². The molecule has 2 aromatic carbocycles. The van der Waals surface area contributed by atoms with Crippen LogP contribution in [0.15, 0.2) is 76.4 Å². The summed E-state index contributed by atoms with van der Waals surface area (Å²) in [5.74, 6) is 0.306. The Morgan fingerprint density at radius 2 is 1.28 bits per heavy atom. The van der Waals surface area contributed by atoms with Crippen molar-refractivity contribution >= 4 is 0 Å². The third-order valence-electron chi connectivity index (χ3n) is 5.61. The van der Waals surface area contributed by atoms with Crippen LogP contribution in [0.4, 0.5) is 0 Å². The number of hydrogen-bond acceptors (Lipinski definition) is 0. The molecule has 0 saturated carbocycles. The maximum absolute atomic E-state index is 3.72. The van der Waals surface area contributed by atoms with E-state index in [1.54, 1.807) is 0 Å². The van der Waals surface area contributed by atoms with Gasteiger partial charge in [-0.1, -0.05) is 95.5 Å². The zero-order chi connectivity index (χ0) is 18.6. The summed E-state index contributed by atoms with van der Waals surface area (Å²) in [6.45, 7) is 13.6. The average molecular weight is 502 g/mol. The van der Waals surface area contributed by atoms with Gasteiger partial charge in [0.25, 0.3) is 0 Å². The van der Waals surface area contributed by atoms with Gasteiger partial charge in [0.1, 0.15) is 0 Å². The summed E-state index contributed by atoms with van der Waals surface area (Å²) < 4.78 is 0. The van der Waals surface area contributed by atoms with Gasteiger partial charge in [-0.15, -0.1) is 22.8 Å². The predicted octanol–water partition coefficient (Wildman–Crippen LogP) is 1.25. The Hall–Kier alpha value is -0.877. The molecule has 0 aromatic heterocycles. The summed E-state index contributed by atoms with van der Waals surface area (Å²) in [5, 5.41) is 0. The minimum Gasteiger partial charge on any atom is -1.00 e. The minimum absolute atomic E-state index is 0. The number of rotatable bonds is 1. The van der Waals surface area contributed by atoms with E-state index in [4.69, 9.17) is 0 Å². The maximum atomic E-state index is 3.72. The van der Waals surface area contributed by atoms with Gasteiger partial charge in [0.15, 0.2) is 0 Å². The fraction of sp³-hybridized carbons (Fsp3) is 0.308. The topological polar surface area (TPSA) is 0 Å². The molecule has 29 heavy (non-hydrogen) atoms. The van der Waals surface area contributed by atoms with Gasteiger partial charge in [0.2, 0.25) is 0 Å². The maximum Gasteiger partial charge on any atom is 3.00 e. The van der Waals surface area contributed by atoms with Crippen LogP contribution >= 0.6 is 0 Å². The van der Waals surface area contributed by atoms with Crippen LogP contribution in [0, 0.1) is 11.5 Å². The summed E-state index contributed by atoms with van der Waals surface area (Å²) in [4.78, 5) is 0. The van der Waals surface area contributed by atoms with Crippen LogP contribution in [0.1, 0.15) is 58.6 Å². The van der Waals surface area contributed by atoms with Crippen LogP contribution in [0.5, 0.6) is 0 Å². The van der Waals surface area contributed by atoms with Crippen LogP contribution in [-0.4, -0.2) is 0 Å². The molecule has 0 aliphatic heterocycles. The smallest absolute Gasteiger partial charge is 1.00 e. The van der Waals surface area contributed by atoms with Crippen molar-refractivity contribution in [3.05, 3.63) is 93.6 Å². The zero-order valence-corrected chi connectivity index (χ0v) is 21.9. The molecule has 2 aliphatic carbocycles. The SMILES string of the molecule is CC1=[C-]C(=C(C)C)C(C(C)(C)C)=C1C1c2ccccc2-c2ccccc21.[Cl-].[Cl-].[Zr+3]. The molecule has 4 rings (SSSR count). The van der Waals surface area contributed by atoms with Gasteiger partial charge in [-0.2, -0.15) is 11.1 Å². The average Bonchev–Trinajstić information content (AvgIpc) is 3.10. The van der Waals surface area contributed by atoms with Crippen molar-refractivity contribution < 1.29 is 51.0 Å². The standard InChI is InChI=1S/C26H27.2ClH.Zr/c1-16(2)22-15-17(3)23(25(22)26(4,5)6)24-20-13-9-7-11-18(20)19-12-8-10-14-21(19)24;;;/h7-14,24H,1-6H3;2*1H;/q-1;;;+3/p-2. The first-order valence-electron chi connectivity index (χ1n) is 9.52. The van der Waals surface area contributed by atoms with E-state index in [2.05, 4.69) is 96.1 Å². The molecule has 149 valence electrons. The summed E-state index contributed by atoms with van der Waals surface area (Å²) in [7, 11) is 0. The molecule has 0 N–H and O–H groups in total. The molecule has 1 radical (unpaired) electrons. The Morgan fingerprint density at radius 1 is 0.828 bits per heavy atom. The Morgan fingerprint density at radius 3 is 1.69 bits per heavy atom. The normalized spacial score (nSPS) is 15.0. The van der Waals surface area contributed by atoms with Gasteiger partial charge in [-0.25, -0.2) is 0 Å². The second kappa shape index (κ2) is 9.51. The van der Waals surface area contributed by atoms with Gasteiger partial charge in [0, 0.05) is 0 Å². The molecule has 0 amide bonds. The fourth-order valence-corrected chi connectivity index (χ4v) is 4.62. The van der Waals surface area contributed by atoms with Crippen LogP contribution in [0.3, 0.4) is 0 Å². The van der Waals surface area contributed by atoms with Gasteiger partial charge in [0.05, 0.1) is 0 Å².